The lowest BCUT2D eigenvalue weighted by Crippen LogP contribution is -2.40. The molecule has 0 aromatic carbocycles. The highest BCUT2D eigenvalue weighted by atomic mass is 32.1. The molecule has 1 aliphatic rings. The number of anilines is 1. The van der Waals surface area contributed by atoms with Crippen LogP contribution in [0.1, 0.15) is 24.6 Å². The van der Waals surface area contributed by atoms with Gasteiger partial charge in [-0.05, 0) is 38.8 Å². The van der Waals surface area contributed by atoms with Crippen molar-refractivity contribution in [1.29, 1.82) is 0 Å². The van der Waals surface area contributed by atoms with E-state index in [1.807, 2.05) is 4.90 Å². The van der Waals surface area contributed by atoms with Crippen LogP contribution in [0.2, 0.25) is 0 Å². The topological polar surface area (TPSA) is 39.6 Å². The van der Waals surface area contributed by atoms with Crippen molar-refractivity contribution < 1.29 is 18.3 Å². The smallest absolute Gasteiger partial charge is 0.392 e. The Bertz CT molecular complexity index is 470. The first-order valence-corrected chi connectivity index (χ1v) is 8.22. The number of rotatable bonds is 5. The number of hydrogen-bond donors (Lipinski definition) is 1. The van der Waals surface area contributed by atoms with Crippen LogP contribution in [0.4, 0.5) is 18.3 Å². The summed E-state index contributed by atoms with van der Waals surface area (Å²) in [6, 6.07) is 0. The minimum Gasteiger partial charge on any atom is -0.392 e. The van der Waals surface area contributed by atoms with Crippen LogP contribution >= 0.6 is 11.3 Å². The van der Waals surface area contributed by atoms with Gasteiger partial charge in [-0.3, -0.25) is 0 Å². The van der Waals surface area contributed by atoms with Gasteiger partial charge < -0.3 is 14.9 Å². The van der Waals surface area contributed by atoms with Crippen LogP contribution in [0.3, 0.4) is 0 Å². The number of likely N-dealkylation sites (tertiary alicyclic amines) is 1. The number of β-amino-alcohol motifs (C(OH)–C–C–N with tert-alkyl or cyclic N) is 1. The molecule has 0 spiro atoms. The number of nitrogens with zero attached hydrogens (tertiary/aromatic N) is 3. The predicted octanol–water partition coefficient (Wildman–Crippen LogP) is 2.69. The maximum absolute atomic E-state index is 12.6. The SMILES string of the molecule is CC(O)CN1CCC(CN(C)c2ncc(C(F)(F)F)s2)CC1. The first-order valence-electron chi connectivity index (χ1n) is 7.40. The normalized spacial score (nSPS) is 19.4. The lowest BCUT2D eigenvalue weighted by Gasteiger charge is -2.34. The molecule has 1 atom stereocenters. The van der Waals surface area contributed by atoms with Crippen molar-refractivity contribution in [1.82, 2.24) is 9.88 Å². The average molecular weight is 337 g/mol. The second kappa shape index (κ2) is 7.14. The van der Waals surface area contributed by atoms with Crippen LogP contribution in [0.15, 0.2) is 6.20 Å². The van der Waals surface area contributed by atoms with Crippen LogP contribution in [0, 0.1) is 5.92 Å². The van der Waals surface area contributed by atoms with Gasteiger partial charge in [0, 0.05) is 20.1 Å². The molecule has 1 aromatic heterocycles. The third kappa shape index (κ3) is 4.82. The number of thiazole rings is 1. The Morgan fingerprint density at radius 3 is 2.59 bits per heavy atom. The molecule has 2 heterocycles. The number of halogens is 3. The summed E-state index contributed by atoms with van der Waals surface area (Å²) in [6.07, 6.45) is -1.75. The van der Waals surface area contributed by atoms with Gasteiger partial charge in [0.2, 0.25) is 0 Å². The lowest BCUT2D eigenvalue weighted by atomic mass is 9.96. The zero-order valence-electron chi connectivity index (χ0n) is 12.8. The van der Waals surface area contributed by atoms with Crippen molar-refractivity contribution in [2.45, 2.75) is 32.0 Å². The third-order valence-corrected chi connectivity index (χ3v) is 5.02. The summed E-state index contributed by atoms with van der Waals surface area (Å²) >= 11 is 0.692. The molecule has 1 N–H and O–H groups in total. The van der Waals surface area contributed by atoms with Crippen molar-refractivity contribution in [2.24, 2.45) is 5.92 Å². The number of aliphatic hydroxyl groups is 1. The largest absolute Gasteiger partial charge is 0.427 e. The number of piperidine rings is 1. The van der Waals surface area contributed by atoms with Gasteiger partial charge in [-0.2, -0.15) is 13.2 Å². The molecular formula is C14H22F3N3OS. The minimum absolute atomic E-state index is 0.324. The molecule has 0 saturated carbocycles. The molecule has 0 amide bonds. The molecule has 126 valence electrons. The quantitative estimate of drug-likeness (QED) is 0.897. The fourth-order valence-corrected chi connectivity index (χ4v) is 3.52. The average Bonchev–Trinajstić information content (AvgIpc) is 2.90. The molecule has 22 heavy (non-hydrogen) atoms. The van der Waals surface area contributed by atoms with Crippen LogP contribution in [0.25, 0.3) is 0 Å². The fourth-order valence-electron chi connectivity index (χ4n) is 2.76. The standard InChI is InChI=1S/C14H22F3N3OS/c1-10(21)8-20-5-3-11(4-6-20)9-19(2)13-18-7-12(22-13)14(15,16)17/h7,10-11,21H,3-6,8-9H2,1-2H3. The summed E-state index contributed by atoms with van der Waals surface area (Å²) in [7, 11) is 1.79. The molecule has 0 aliphatic carbocycles. The van der Waals surface area contributed by atoms with E-state index in [0.717, 1.165) is 32.1 Å². The summed E-state index contributed by atoms with van der Waals surface area (Å²) in [6.45, 7) is 5.03. The Morgan fingerprint density at radius 2 is 2.09 bits per heavy atom. The van der Waals surface area contributed by atoms with E-state index in [0.29, 0.717) is 35.5 Å². The summed E-state index contributed by atoms with van der Waals surface area (Å²) < 4.78 is 37.8. The van der Waals surface area contributed by atoms with Gasteiger partial charge in [0.1, 0.15) is 4.88 Å². The van der Waals surface area contributed by atoms with E-state index >= 15 is 0 Å². The van der Waals surface area contributed by atoms with E-state index in [1.165, 1.54) is 0 Å². The fraction of sp³-hybridized carbons (Fsp3) is 0.786. The van der Waals surface area contributed by atoms with Crippen molar-refractivity contribution in [2.75, 3.05) is 38.1 Å². The van der Waals surface area contributed by atoms with Crippen LogP contribution in [0.5, 0.6) is 0 Å². The van der Waals surface area contributed by atoms with E-state index in [2.05, 4.69) is 9.88 Å². The van der Waals surface area contributed by atoms with Gasteiger partial charge in [-0.15, -0.1) is 0 Å². The van der Waals surface area contributed by atoms with E-state index in [1.54, 1.807) is 14.0 Å². The Morgan fingerprint density at radius 1 is 1.45 bits per heavy atom. The minimum atomic E-state index is -4.32. The molecule has 0 radical (unpaired) electrons. The molecule has 0 bridgehead atoms. The van der Waals surface area contributed by atoms with Crippen LogP contribution < -0.4 is 4.90 Å². The molecule has 1 saturated heterocycles. The van der Waals surface area contributed by atoms with E-state index in [-0.39, 0.29) is 6.10 Å². The highest BCUT2D eigenvalue weighted by molar-refractivity contribution is 7.15. The van der Waals surface area contributed by atoms with Crippen molar-refractivity contribution >= 4 is 16.5 Å². The number of aromatic nitrogens is 1. The predicted molar refractivity (Wildman–Crippen MR) is 81.2 cm³/mol. The molecule has 1 unspecified atom stereocenters. The summed E-state index contributed by atoms with van der Waals surface area (Å²) in [5.74, 6) is 0.452. The molecule has 1 fully saturated rings. The summed E-state index contributed by atoms with van der Waals surface area (Å²) in [5, 5.41) is 9.80. The summed E-state index contributed by atoms with van der Waals surface area (Å²) in [4.78, 5) is 7.27. The molecular weight excluding hydrogens is 315 g/mol. The maximum Gasteiger partial charge on any atom is 0.427 e. The molecule has 1 aliphatic heterocycles. The monoisotopic (exact) mass is 337 g/mol. The van der Waals surface area contributed by atoms with Gasteiger partial charge in [0.15, 0.2) is 5.13 Å². The first kappa shape index (κ1) is 17.5. The number of alkyl halides is 3. The van der Waals surface area contributed by atoms with Gasteiger partial charge in [0.05, 0.1) is 12.3 Å². The van der Waals surface area contributed by atoms with Crippen molar-refractivity contribution in [3.8, 4) is 0 Å². The molecule has 8 heteroatoms. The second-order valence-corrected chi connectivity index (χ2v) is 6.99. The van der Waals surface area contributed by atoms with Gasteiger partial charge in [0.25, 0.3) is 0 Å². The zero-order chi connectivity index (χ0) is 16.3. The molecule has 2 rings (SSSR count). The van der Waals surface area contributed by atoms with Gasteiger partial charge >= 0.3 is 6.18 Å². The van der Waals surface area contributed by atoms with Crippen molar-refractivity contribution in [3.05, 3.63) is 11.1 Å². The first-order chi connectivity index (χ1) is 10.3. The second-order valence-electron chi connectivity index (χ2n) is 5.98. The Balaban J connectivity index is 1.83. The lowest BCUT2D eigenvalue weighted by molar-refractivity contribution is -0.134. The maximum atomic E-state index is 12.6. The third-order valence-electron chi connectivity index (χ3n) is 3.86. The summed E-state index contributed by atoms with van der Waals surface area (Å²) in [5.41, 5.74) is 0. The highest BCUT2D eigenvalue weighted by Gasteiger charge is 2.34. The van der Waals surface area contributed by atoms with Crippen LogP contribution in [-0.4, -0.2) is 54.3 Å². The highest BCUT2D eigenvalue weighted by Crippen LogP contribution is 2.36. The zero-order valence-corrected chi connectivity index (χ0v) is 13.6. The van der Waals surface area contributed by atoms with Gasteiger partial charge in [-0.1, -0.05) is 11.3 Å². The number of hydrogen-bond acceptors (Lipinski definition) is 5. The van der Waals surface area contributed by atoms with Crippen molar-refractivity contribution in [3.63, 3.8) is 0 Å². The Hall–Kier alpha value is -0.860. The number of aliphatic hydroxyl groups excluding tert-OH is 1. The van der Waals surface area contributed by atoms with E-state index in [9.17, 15) is 18.3 Å². The molecule has 1 aromatic rings. The van der Waals surface area contributed by atoms with Gasteiger partial charge in [-0.25, -0.2) is 4.98 Å². The van der Waals surface area contributed by atoms with Crippen LogP contribution in [-0.2, 0) is 6.18 Å². The Labute approximate surface area is 132 Å². The molecule has 4 nitrogen and oxygen atoms in total. The Kier molecular flexibility index (Phi) is 5.68. The van der Waals surface area contributed by atoms with E-state index in [4.69, 9.17) is 0 Å². The van der Waals surface area contributed by atoms with E-state index < -0.39 is 11.1 Å².